The number of carbonyl (C=O) groups excluding carboxylic acids is 3. The van der Waals surface area contributed by atoms with E-state index >= 15 is 0 Å². The lowest BCUT2D eigenvalue weighted by molar-refractivity contribution is -0.131. The van der Waals surface area contributed by atoms with Gasteiger partial charge in [0.1, 0.15) is 18.4 Å². The van der Waals surface area contributed by atoms with Crippen molar-refractivity contribution in [2.75, 3.05) is 26.8 Å². The highest BCUT2D eigenvalue weighted by atomic mass is 16.5. The fourth-order valence-corrected chi connectivity index (χ4v) is 5.48. The molecule has 0 radical (unpaired) electrons. The van der Waals surface area contributed by atoms with E-state index in [1.165, 1.54) is 18.0 Å². The highest BCUT2D eigenvalue weighted by Crippen LogP contribution is 2.29. The molecule has 7 rings (SSSR count). The Morgan fingerprint density at radius 2 is 1.78 bits per heavy atom. The van der Waals surface area contributed by atoms with Crippen molar-refractivity contribution >= 4 is 28.6 Å². The number of aryl methyl sites for hydroxylation is 1. The molecule has 4 heterocycles. The van der Waals surface area contributed by atoms with Crippen LogP contribution in [0.3, 0.4) is 0 Å². The van der Waals surface area contributed by atoms with Crippen LogP contribution in [0, 0.1) is 0 Å². The van der Waals surface area contributed by atoms with Crippen molar-refractivity contribution in [3.05, 3.63) is 94.5 Å². The van der Waals surface area contributed by atoms with Crippen LogP contribution >= 0.6 is 0 Å². The molecular weight excluding hydrogens is 578 g/mol. The maximum atomic E-state index is 13.4. The van der Waals surface area contributed by atoms with Gasteiger partial charge >= 0.3 is 0 Å². The van der Waals surface area contributed by atoms with E-state index in [2.05, 4.69) is 15.6 Å². The predicted molar refractivity (Wildman–Crippen MR) is 164 cm³/mol. The Kier molecular flexibility index (Phi) is 8.63. The molecule has 1 saturated heterocycles. The average molecular weight is 612 g/mol. The summed E-state index contributed by atoms with van der Waals surface area (Å²) < 4.78 is 18.7. The third-order valence-corrected chi connectivity index (χ3v) is 7.93. The Morgan fingerprint density at radius 1 is 0.978 bits per heavy atom. The molecule has 3 amide bonds. The second-order valence-corrected chi connectivity index (χ2v) is 11.0. The maximum absolute atomic E-state index is 13.4. The minimum Gasteiger partial charge on any atom is -0.493 e. The third-order valence-electron chi connectivity index (χ3n) is 7.93. The summed E-state index contributed by atoms with van der Waals surface area (Å²) in [4.78, 5) is 57.9. The van der Waals surface area contributed by atoms with Crippen LogP contribution in [0.1, 0.15) is 17.5 Å². The maximum Gasteiger partial charge on any atom is 0.261 e. The van der Waals surface area contributed by atoms with Gasteiger partial charge in [0.05, 0.1) is 36.9 Å². The summed E-state index contributed by atoms with van der Waals surface area (Å²) in [6.45, 7) is 0.359. The second-order valence-electron chi connectivity index (χ2n) is 11.0. The zero-order valence-electron chi connectivity index (χ0n) is 24.7. The molecule has 12 nitrogen and oxygen atoms in total. The van der Waals surface area contributed by atoms with E-state index in [-0.39, 0.29) is 55.9 Å². The minimum absolute atomic E-state index is 0.177. The van der Waals surface area contributed by atoms with E-state index in [9.17, 15) is 19.2 Å². The molecule has 12 heteroatoms. The summed E-state index contributed by atoms with van der Waals surface area (Å²) in [5.74, 6) is 0.666. The molecule has 0 spiro atoms. The monoisotopic (exact) mass is 611 g/mol. The molecule has 1 aromatic heterocycles. The van der Waals surface area contributed by atoms with E-state index in [0.29, 0.717) is 41.1 Å². The Balaban J connectivity index is 1.21. The number of amides is 3. The number of ether oxygens (including phenoxy) is 3. The quantitative estimate of drug-likeness (QED) is 0.358. The van der Waals surface area contributed by atoms with Gasteiger partial charge in [-0.25, -0.2) is 4.98 Å². The van der Waals surface area contributed by atoms with Gasteiger partial charge in [-0.15, -0.1) is 0 Å². The van der Waals surface area contributed by atoms with Crippen LogP contribution in [0.4, 0.5) is 0 Å². The Morgan fingerprint density at radius 3 is 2.60 bits per heavy atom. The zero-order chi connectivity index (χ0) is 31.3. The number of likely N-dealkylation sites (tertiary alicyclic amines) is 1. The number of para-hydroxylation sites is 1. The fourth-order valence-electron chi connectivity index (χ4n) is 5.48. The number of nitrogens with zero attached hydrogens (tertiary/aromatic N) is 3. The largest absolute Gasteiger partial charge is 0.493 e. The SMILES string of the molecule is COc1ccc2cc1OCC(=O)NCc1ccc(cc1)O[C@H]1CN(C(=O)Cn3cnc4ccccc4c3=O)C[C@@H]1NC(=O)CC2. The van der Waals surface area contributed by atoms with Crippen LogP contribution < -0.4 is 30.4 Å². The average Bonchev–Trinajstić information content (AvgIpc) is 3.45. The van der Waals surface area contributed by atoms with Gasteiger partial charge in [-0.3, -0.25) is 23.7 Å². The summed E-state index contributed by atoms with van der Waals surface area (Å²) in [6.07, 6.45) is 1.44. The predicted octanol–water partition coefficient (Wildman–Crippen LogP) is 1.82. The van der Waals surface area contributed by atoms with E-state index in [1.807, 2.05) is 18.2 Å². The molecule has 1 fully saturated rings. The van der Waals surface area contributed by atoms with Gasteiger partial charge in [0.2, 0.25) is 11.8 Å². The molecule has 45 heavy (non-hydrogen) atoms. The molecular formula is C33H33N5O7. The third kappa shape index (κ3) is 6.90. The van der Waals surface area contributed by atoms with Crippen LogP contribution in [0.25, 0.3) is 10.9 Å². The number of fused-ring (bicyclic) bond motifs is 10. The van der Waals surface area contributed by atoms with E-state index in [0.717, 1.165) is 11.1 Å². The van der Waals surface area contributed by atoms with Crippen molar-refractivity contribution in [2.45, 2.75) is 38.1 Å². The van der Waals surface area contributed by atoms with Crippen molar-refractivity contribution in [1.82, 2.24) is 25.1 Å². The zero-order valence-corrected chi connectivity index (χ0v) is 24.7. The molecule has 2 N–H and O–H groups in total. The summed E-state index contributed by atoms with van der Waals surface area (Å²) in [5, 5.41) is 6.33. The van der Waals surface area contributed by atoms with Gasteiger partial charge < -0.3 is 29.7 Å². The number of carbonyl (C=O) groups is 3. The van der Waals surface area contributed by atoms with Crippen molar-refractivity contribution in [2.24, 2.45) is 0 Å². The molecule has 3 aliphatic heterocycles. The van der Waals surface area contributed by atoms with Crippen molar-refractivity contribution in [3.63, 3.8) is 0 Å². The normalized spacial score (nSPS) is 18.8. The number of benzene rings is 3. The van der Waals surface area contributed by atoms with Gasteiger partial charge in [-0.05, 0) is 53.9 Å². The summed E-state index contributed by atoms with van der Waals surface area (Å²) >= 11 is 0. The Bertz CT molecular complexity index is 1790. The second kappa shape index (κ2) is 13.1. The number of rotatable bonds is 3. The van der Waals surface area contributed by atoms with Crippen LogP contribution in [-0.4, -0.2) is 71.1 Å². The number of hydrogen-bond acceptors (Lipinski definition) is 8. The summed E-state index contributed by atoms with van der Waals surface area (Å²) in [5.41, 5.74) is 1.96. The molecule has 0 unspecified atom stereocenters. The molecule has 232 valence electrons. The van der Waals surface area contributed by atoms with Crippen molar-refractivity contribution in [3.8, 4) is 17.2 Å². The van der Waals surface area contributed by atoms with Crippen LogP contribution in [0.15, 0.2) is 77.9 Å². The smallest absolute Gasteiger partial charge is 0.261 e. The van der Waals surface area contributed by atoms with Gasteiger partial charge in [0.25, 0.3) is 11.5 Å². The van der Waals surface area contributed by atoms with Crippen LogP contribution in [0.2, 0.25) is 0 Å². The number of nitrogens with one attached hydrogen (secondary N) is 2. The number of hydrogen-bond donors (Lipinski definition) is 2. The molecule has 2 atom stereocenters. The first-order valence-electron chi connectivity index (χ1n) is 14.7. The van der Waals surface area contributed by atoms with Crippen LogP contribution in [0.5, 0.6) is 17.2 Å². The molecule has 0 aliphatic carbocycles. The van der Waals surface area contributed by atoms with Gasteiger partial charge in [-0.1, -0.05) is 30.3 Å². The van der Waals surface area contributed by atoms with E-state index in [4.69, 9.17) is 14.2 Å². The first-order chi connectivity index (χ1) is 21.9. The molecule has 3 aromatic carbocycles. The molecule has 0 saturated carbocycles. The number of methoxy groups -OCH3 is 1. The summed E-state index contributed by atoms with van der Waals surface area (Å²) in [6, 6.07) is 19.1. The van der Waals surface area contributed by atoms with Gasteiger partial charge in [-0.2, -0.15) is 0 Å². The highest BCUT2D eigenvalue weighted by Gasteiger charge is 2.38. The van der Waals surface area contributed by atoms with Crippen molar-refractivity contribution in [1.29, 1.82) is 0 Å². The lowest BCUT2D eigenvalue weighted by Gasteiger charge is -2.21. The molecule has 4 aromatic rings. The van der Waals surface area contributed by atoms with Crippen molar-refractivity contribution < 1.29 is 28.6 Å². The first kappa shape index (κ1) is 29.7. The lowest BCUT2D eigenvalue weighted by Crippen LogP contribution is -2.45. The van der Waals surface area contributed by atoms with Gasteiger partial charge in [0, 0.05) is 19.5 Å². The highest BCUT2D eigenvalue weighted by molar-refractivity contribution is 5.80. The van der Waals surface area contributed by atoms with E-state index in [1.54, 1.807) is 53.4 Å². The lowest BCUT2D eigenvalue weighted by atomic mass is 10.1. The van der Waals surface area contributed by atoms with E-state index < -0.39 is 12.1 Å². The fraction of sp³-hybridized carbons (Fsp3) is 0.303. The topological polar surface area (TPSA) is 141 Å². The Labute approximate surface area is 258 Å². The summed E-state index contributed by atoms with van der Waals surface area (Å²) in [7, 11) is 1.52. The standard InChI is InChI=1S/C33H33N5O7/c1-43-27-12-8-21-9-13-30(39)36-26-16-37(32(41)18-38-20-35-25-5-3-2-4-24(25)33(38)42)17-29(26)45-23-10-6-22(7-11-23)15-34-31(40)19-44-28(27)14-21/h2-8,10-12,14,20,26,29H,9,13,15-19H2,1H3,(H,34,40)(H,36,39)/t26-,29-/m0/s1. The number of aromatic nitrogens is 2. The minimum atomic E-state index is -0.530. The van der Waals surface area contributed by atoms with Crippen LogP contribution in [-0.2, 0) is 33.9 Å². The van der Waals surface area contributed by atoms with Gasteiger partial charge in [0.15, 0.2) is 18.1 Å². The molecule has 4 bridgehead atoms. The first-order valence-corrected chi connectivity index (χ1v) is 14.7. The Hall–Kier alpha value is -5.39. The molecule has 3 aliphatic rings.